The molecule has 0 spiro atoms. The fraction of sp³-hybridized carbons (Fsp3) is 0.189. The van der Waals surface area contributed by atoms with E-state index in [2.05, 4.69) is 15.3 Å². The number of nitriles is 2. The number of hydrogen-bond donors (Lipinski definition) is 2. The van der Waals surface area contributed by atoms with Crippen molar-refractivity contribution >= 4 is 73.3 Å². The third-order valence-electron chi connectivity index (χ3n) is 16.2. The smallest absolute Gasteiger partial charge is 0.335 e. The van der Waals surface area contributed by atoms with E-state index in [0.29, 0.717) is 98.9 Å². The van der Waals surface area contributed by atoms with Crippen LogP contribution in [0.1, 0.15) is 89.1 Å². The number of fused-ring (bicyclic) bond motifs is 2. The number of carboxylic acids is 1. The number of benzene rings is 6. The van der Waals surface area contributed by atoms with Crippen molar-refractivity contribution in [3.8, 4) is 34.7 Å². The lowest BCUT2D eigenvalue weighted by molar-refractivity contribution is -0.129. The molecule has 1 amide bonds. The second-order valence-corrected chi connectivity index (χ2v) is 24.4. The molecule has 0 aliphatic heterocycles. The molecule has 0 bridgehead atoms. The minimum atomic E-state index is -1.05. The number of aromatic carboxylic acids is 1. The van der Waals surface area contributed by atoms with Crippen molar-refractivity contribution in [2.75, 3.05) is 19.5 Å². The average molecular weight is 1320 g/mol. The highest BCUT2D eigenvalue weighted by Gasteiger charge is 2.26. The largest absolute Gasteiger partial charge is 0.478 e. The number of imidazole rings is 2. The fourth-order valence-corrected chi connectivity index (χ4v) is 12.2. The molecular weight excluding hydrogens is 1260 g/mol. The Morgan fingerprint density at radius 1 is 0.583 bits per heavy atom. The molecule has 0 radical (unpaired) electrons. The minimum Gasteiger partial charge on any atom is -0.478 e. The number of pyridine rings is 2. The van der Waals surface area contributed by atoms with Gasteiger partial charge in [-0.3, -0.25) is 29.7 Å². The first-order chi connectivity index (χ1) is 46.6. The molecule has 2 atom stereocenters. The lowest BCUT2D eigenvalue weighted by Crippen LogP contribution is -2.34. The summed E-state index contributed by atoms with van der Waals surface area (Å²) < 4.78 is 43.8. The van der Waals surface area contributed by atoms with E-state index in [9.17, 15) is 33.1 Å². The Morgan fingerprint density at radius 3 is 1.54 bits per heavy atom. The molecule has 6 aromatic heterocycles. The molecule has 0 aliphatic carbocycles. The summed E-state index contributed by atoms with van der Waals surface area (Å²) in [4.78, 5) is 77.9. The van der Waals surface area contributed by atoms with Crippen molar-refractivity contribution in [2.24, 2.45) is 0 Å². The number of amides is 1. The molecule has 22 heteroatoms. The van der Waals surface area contributed by atoms with Crippen molar-refractivity contribution in [3.63, 3.8) is 0 Å². The highest BCUT2D eigenvalue weighted by molar-refractivity contribution is 7.13. The van der Waals surface area contributed by atoms with Crippen molar-refractivity contribution in [1.29, 1.82) is 10.5 Å². The van der Waals surface area contributed by atoms with Gasteiger partial charge in [0.25, 0.3) is 5.91 Å². The standard InChI is InChI=1S/C37H31FN6O3S.C37H30FN5O4S/c1-23(45)28-13-15-32-33(20-28)44(22-34(47-2)36(46)43-37-40-16-17-48-37)35(42-32)19-24-6-10-27(11-7-24)31-5-3-4-29(41-31)14-12-26-9-8-25(21-39)18-30(26)38;1-47-34(33(44)20-36-40-15-16-48-36)22-43-32-19-27(37(45)46)12-14-31(32)42-35(43)18-23-5-9-26(10-6-23)30-4-2-3-28(41-30)13-11-25-8-7-24(21-39)17-29(25)38/h3-11,13,15-18,20,34H,12,14,19,22H2,1-2H3,(H,40,43,46);2-10,12,14-17,19,34H,11,13,18,20,22H2,1H3,(H,45,46)/t2*34-/m01/s1. The van der Waals surface area contributed by atoms with E-state index in [-0.39, 0.29) is 48.4 Å². The molecule has 2 N–H and O–H groups in total. The summed E-state index contributed by atoms with van der Waals surface area (Å²) in [6, 6.07) is 50.6. The number of rotatable bonds is 25. The summed E-state index contributed by atoms with van der Waals surface area (Å²) in [5.74, 6) is -0.964. The first-order valence-electron chi connectivity index (χ1n) is 30.5. The highest BCUT2D eigenvalue weighted by atomic mass is 32.1. The van der Waals surface area contributed by atoms with Gasteiger partial charge in [-0.1, -0.05) is 72.8 Å². The first-order valence-corrected chi connectivity index (χ1v) is 32.3. The third kappa shape index (κ3) is 16.2. The zero-order valence-electron chi connectivity index (χ0n) is 52.3. The summed E-state index contributed by atoms with van der Waals surface area (Å²) in [6.07, 6.45) is 4.73. The van der Waals surface area contributed by atoms with E-state index >= 15 is 0 Å². The maximum atomic E-state index is 14.4. The number of aryl methyl sites for hydroxylation is 4. The Bertz CT molecular complexity index is 4580. The fourth-order valence-electron chi connectivity index (χ4n) is 11.0. The van der Waals surface area contributed by atoms with Gasteiger partial charge in [0.2, 0.25) is 0 Å². The van der Waals surface area contributed by atoms with Crippen LogP contribution in [0.5, 0.6) is 0 Å². The van der Waals surface area contributed by atoms with E-state index in [4.69, 9.17) is 39.9 Å². The van der Waals surface area contributed by atoms with Crippen molar-refractivity contribution in [2.45, 2.75) is 77.2 Å². The van der Waals surface area contributed by atoms with Gasteiger partial charge in [0.1, 0.15) is 29.4 Å². The molecule has 12 aromatic rings. The van der Waals surface area contributed by atoms with Crippen LogP contribution >= 0.6 is 22.7 Å². The van der Waals surface area contributed by atoms with Gasteiger partial charge < -0.3 is 23.7 Å². The van der Waals surface area contributed by atoms with E-state index in [1.807, 2.05) is 118 Å². The maximum Gasteiger partial charge on any atom is 0.335 e. The summed E-state index contributed by atoms with van der Waals surface area (Å²) in [6.45, 7) is 1.86. The SMILES string of the molecule is CO[C@@H](Cn1c(Cc2ccc(-c3cccc(CCc4ccc(C#N)cc4F)n3)cc2)nc2ccc(C(C)=O)cc21)C(=O)Nc1nccs1.CO[C@H](Cn1c(Cc2ccc(-c3cccc(CCc4ccc(C#N)cc4F)n3)cc2)nc2ccc(C(=O)O)cc21)C(=O)Cc1nccs1. The molecule has 18 nitrogen and oxygen atoms in total. The maximum absolute atomic E-state index is 14.4. The summed E-state index contributed by atoms with van der Waals surface area (Å²) in [5.41, 5.74) is 12.1. The number of aromatic nitrogens is 8. The number of ether oxygens (including phenoxy) is 2. The predicted molar refractivity (Wildman–Crippen MR) is 362 cm³/mol. The molecule has 6 aromatic carbocycles. The normalized spacial score (nSPS) is 11.7. The first kappa shape index (κ1) is 66.3. The second-order valence-electron chi connectivity index (χ2n) is 22.5. The van der Waals surface area contributed by atoms with E-state index in [1.165, 1.54) is 62.0 Å². The summed E-state index contributed by atoms with van der Waals surface area (Å²) >= 11 is 2.72. The van der Waals surface area contributed by atoms with Crippen molar-refractivity contribution in [1.82, 2.24) is 39.0 Å². The molecule has 0 saturated heterocycles. The van der Waals surface area contributed by atoms with Gasteiger partial charge in [0.05, 0.1) is 86.8 Å². The van der Waals surface area contributed by atoms with Gasteiger partial charge in [-0.15, -0.1) is 22.7 Å². The summed E-state index contributed by atoms with van der Waals surface area (Å²) in [7, 11) is 2.97. The molecular formula is C74H61F2N11O7S2. The van der Waals surface area contributed by atoms with Crippen LogP contribution < -0.4 is 5.32 Å². The number of Topliss-reactive ketones (excluding diaryl/α,β-unsaturated/α-hetero) is 2. The molecule has 12 rings (SSSR count). The van der Waals surface area contributed by atoms with Gasteiger partial charge in [0.15, 0.2) is 22.8 Å². The molecule has 6 heterocycles. The number of carboxylic acid groups (broad SMARTS) is 1. The topological polar surface area (TPSA) is 254 Å². The van der Waals surface area contributed by atoms with Gasteiger partial charge in [-0.25, -0.2) is 33.5 Å². The molecule has 480 valence electrons. The second kappa shape index (κ2) is 30.7. The zero-order valence-corrected chi connectivity index (χ0v) is 53.9. The Balaban J connectivity index is 0.000000195. The number of carbonyl (C=O) groups excluding carboxylic acids is 3. The van der Waals surface area contributed by atoms with Crippen LogP contribution in [0.3, 0.4) is 0 Å². The van der Waals surface area contributed by atoms with Gasteiger partial charge >= 0.3 is 5.97 Å². The number of nitrogens with one attached hydrogen (secondary N) is 1. The Labute approximate surface area is 558 Å². The van der Waals surface area contributed by atoms with Gasteiger partial charge in [-0.2, -0.15) is 10.5 Å². The average Bonchev–Trinajstić information content (AvgIpc) is 1.64. The van der Waals surface area contributed by atoms with Crippen LogP contribution in [0.4, 0.5) is 13.9 Å². The molecule has 0 unspecified atom stereocenters. The highest BCUT2D eigenvalue weighted by Crippen LogP contribution is 2.28. The number of ketones is 2. The Kier molecular flexibility index (Phi) is 21.2. The van der Waals surface area contributed by atoms with Gasteiger partial charge in [0, 0.05) is 78.3 Å². The lowest BCUT2D eigenvalue weighted by Gasteiger charge is -2.17. The van der Waals surface area contributed by atoms with Gasteiger partial charge in [-0.05, 0) is 140 Å². The van der Waals surface area contributed by atoms with Crippen LogP contribution in [0.15, 0.2) is 181 Å². The Hall–Kier alpha value is -11.1. The molecule has 0 fully saturated rings. The Morgan fingerprint density at radius 2 is 1.08 bits per heavy atom. The number of methoxy groups -OCH3 is 2. The van der Waals surface area contributed by atoms with Crippen molar-refractivity contribution < 1.29 is 42.5 Å². The quantitative estimate of drug-likeness (QED) is 0.0505. The lowest BCUT2D eigenvalue weighted by atomic mass is 10.0. The van der Waals surface area contributed by atoms with Crippen molar-refractivity contribution in [3.05, 3.63) is 265 Å². The van der Waals surface area contributed by atoms with E-state index < -0.39 is 24.0 Å². The van der Waals surface area contributed by atoms with Crippen LogP contribution in [0.25, 0.3) is 44.6 Å². The van der Waals surface area contributed by atoms with Crippen LogP contribution in [0.2, 0.25) is 0 Å². The predicted octanol–water partition coefficient (Wildman–Crippen LogP) is 13.3. The number of halogens is 2. The number of hydrogen-bond acceptors (Lipinski definition) is 16. The zero-order chi connectivity index (χ0) is 67.2. The number of carbonyl (C=O) groups is 4. The number of anilines is 1. The van der Waals surface area contributed by atoms with E-state index in [0.717, 1.165) is 56.4 Å². The molecule has 0 saturated carbocycles. The summed E-state index contributed by atoms with van der Waals surface area (Å²) in [5, 5.41) is 35.2. The van der Waals surface area contributed by atoms with Crippen LogP contribution in [-0.4, -0.2) is 94.0 Å². The van der Waals surface area contributed by atoms with Crippen LogP contribution in [0, 0.1) is 34.3 Å². The number of thiazole rings is 2. The monoisotopic (exact) mass is 1320 g/mol. The molecule has 96 heavy (non-hydrogen) atoms. The minimum absolute atomic E-state index is 0.0642. The molecule has 0 aliphatic rings. The number of nitrogens with zero attached hydrogens (tertiary/aromatic N) is 10. The van der Waals surface area contributed by atoms with Crippen LogP contribution in [-0.2, 0) is 77.1 Å². The van der Waals surface area contributed by atoms with E-state index in [1.54, 1.807) is 66.3 Å². The third-order valence-corrected chi connectivity index (χ3v) is 17.7.